The Morgan fingerprint density at radius 3 is 2.55 bits per heavy atom. The highest BCUT2D eigenvalue weighted by Crippen LogP contribution is 2.30. The minimum atomic E-state index is 0.0169. The predicted molar refractivity (Wildman–Crippen MR) is 83.9 cm³/mol. The molecule has 0 amide bonds. The van der Waals surface area contributed by atoms with Gasteiger partial charge in [-0.25, -0.2) is 0 Å². The van der Waals surface area contributed by atoms with E-state index in [1.807, 2.05) is 0 Å². The lowest BCUT2D eigenvalue weighted by atomic mass is 9.85. The first-order valence-corrected chi connectivity index (χ1v) is 7.61. The van der Waals surface area contributed by atoms with Crippen LogP contribution in [-0.4, -0.2) is 43.3 Å². The summed E-state index contributed by atoms with van der Waals surface area (Å²) >= 11 is 0. The maximum absolute atomic E-state index is 5.54. The van der Waals surface area contributed by atoms with E-state index in [9.17, 15) is 0 Å². The molecule has 1 aliphatic heterocycles. The number of nitrogens with one attached hydrogen (secondary N) is 1. The zero-order valence-electron chi connectivity index (χ0n) is 13.3. The summed E-state index contributed by atoms with van der Waals surface area (Å²) in [5, 5.41) is 3.74. The molecule has 1 heterocycles. The Labute approximate surface area is 123 Å². The summed E-state index contributed by atoms with van der Waals surface area (Å²) in [7, 11) is 0. The van der Waals surface area contributed by atoms with E-state index in [4.69, 9.17) is 4.74 Å². The van der Waals surface area contributed by atoms with Crippen molar-refractivity contribution in [1.29, 1.82) is 0 Å². The van der Waals surface area contributed by atoms with Crippen LogP contribution in [-0.2, 0) is 10.3 Å². The smallest absolute Gasteiger partial charge is 0.0593 e. The SMILES string of the molecule is CCOCCN1CC(C)(c2ccccc2)NCC1(C)C. The third-order valence-corrected chi connectivity index (χ3v) is 4.39. The van der Waals surface area contributed by atoms with Crippen LogP contribution in [0, 0.1) is 0 Å². The topological polar surface area (TPSA) is 24.5 Å². The summed E-state index contributed by atoms with van der Waals surface area (Å²) in [6, 6.07) is 10.7. The van der Waals surface area contributed by atoms with Gasteiger partial charge in [0.1, 0.15) is 0 Å². The van der Waals surface area contributed by atoms with Crippen LogP contribution in [0.3, 0.4) is 0 Å². The van der Waals surface area contributed by atoms with Gasteiger partial charge in [0.2, 0.25) is 0 Å². The number of hydrogen-bond donors (Lipinski definition) is 1. The van der Waals surface area contributed by atoms with Gasteiger partial charge in [-0.3, -0.25) is 4.90 Å². The Morgan fingerprint density at radius 2 is 1.90 bits per heavy atom. The van der Waals surface area contributed by atoms with E-state index in [1.165, 1.54) is 5.56 Å². The van der Waals surface area contributed by atoms with Gasteiger partial charge >= 0.3 is 0 Å². The molecule has 1 aromatic rings. The molecule has 0 aliphatic carbocycles. The normalized spacial score (nSPS) is 26.6. The van der Waals surface area contributed by atoms with Crippen molar-refractivity contribution in [1.82, 2.24) is 10.2 Å². The molecule has 1 fully saturated rings. The first-order valence-electron chi connectivity index (χ1n) is 7.61. The van der Waals surface area contributed by atoms with Gasteiger partial charge < -0.3 is 10.1 Å². The molecule has 112 valence electrons. The van der Waals surface area contributed by atoms with Crippen molar-refractivity contribution in [3.63, 3.8) is 0 Å². The Balaban J connectivity index is 2.11. The van der Waals surface area contributed by atoms with E-state index >= 15 is 0 Å². The fraction of sp³-hybridized carbons (Fsp3) is 0.647. The molecule has 2 rings (SSSR count). The van der Waals surface area contributed by atoms with Gasteiger partial charge in [-0.2, -0.15) is 0 Å². The van der Waals surface area contributed by atoms with Crippen molar-refractivity contribution in [2.24, 2.45) is 0 Å². The third kappa shape index (κ3) is 3.40. The summed E-state index contributed by atoms with van der Waals surface area (Å²) in [4.78, 5) is 2.55. The molecule has 1 atom stereocenters. The van der Waals surface area contributed by atoms with E-state index in [0.717, 1.165) is 32.8 Å². The molecular weight excluding hydrogens is 248 g/mol. The van der Waals surface area contributed by atoms with Crippen LogP contribution >= 0.6 is 0 Å². The number of ether oxygens (including phenoxy) is 1. The van der Waals surface area contributed by atoms with E-state index in [-0.39, 0.29) is 11.1 Å². The molecule has 1 N–H and O–H groups in total. The van der Waals surface area contributed by atoms with Gasteiger partial charge in [0.05, 0.1) is 12.1 Å². The fourth-order valence-corrected chi connectivity index (χ4v) is 2.87. The second kappa shape index (κ2) is 6.25. The first-order chi connectivity index (χ1) is 9.48. The highest BCUT2D eigenvalue weighted by molar-refractivity contribution is 5.25. The number of rotatable bonds is 5. The van der Waals surface area contributed by atoms with Gasteiger partial charge in [-0.05, 0) is 33.3 Å². The molecule has 20 heavy (non-hydrogen) atoms. The quantitative estimate of drug-likeness (QED) is 0.837. The molecule has 3 nitrogen and oxygen atoms in total. The number of nitrogens with zero attached hydrogens (tertiary/aromatic N) is 1. The summed E-state index contributed by atoms with van der Waals surface area (Å²) in [6.45, 7) is 13.6. The van der Waals surface area contributed by atoms with Crippen LogP contribution in [0.1, 0.15) is 33.3 Å². The van der Waals surface area contributed by atoms with Gasteiger partial charge in [0, 0.05) is 31.8 Å². The van der Waals surface area contributed by atoms with Gasteiger partial charge in [-0.1, -0.05) is 30.3 Å². The molecule has 1 saturated heterocycles. The maximum atomic E-state index is 5.54. The third-order valence-electron chi connectivity index (χ3n) is 4.39. The van der Waals surface area contributed by atoms with Crippen molar-refractivity contribution in [3.05, 3.63) is 35.9 Å². The fourth-order valence-electron chi connectivity index (χ4n) is 2.87. The summed E-state index contributed by atoms with van der Waals surface area (Å²) in [6.07, 6.45) is 0. The molecule has 1 aromatic carbocycles. The van der Waals surface area contributed by atoms with E-state index in [2.05, 4.69) is 68.2 Å². The molecule has 0 aromatic heterocycles. The second-order valence-corrected chi connectivity index (χ2v) is 6.48. The molecule has 0 bridgehead atoms. The average Bonchev–Trinajstić information content (AvgIpc) is 2.44. The Hall–Kier alpha value is -0.900. The molecule has 1 aliphatic rings. The lowest BCUT2D eigenvalue weighted by Crippen LogP contribution is -2.66. The lowest BCUT2D eigenvalue weighted by Gasteiger charge is -2.51. The van der Waals surface area contributed by atoms with Crippen LogP contribution in [0.5, 0.6) is 0 Å². The van der Waals surface area contributed by atoms with Crippen molar-refractivity contribution >= 4 is 0 Å². The van der Waals surface area contributed by atoms with Crippen LogP contribution in [0.15, 0.2) is 30.3 Å². The van der Waals surface area contributed by atoms with Crippen LogP contribution < -0.4 is 5.32 Å². The molecule has 0 spiro atoms. The minimum absolute atomic E-state index is 0.0169. The monoisotopic (exact) mass is 276 g/mol. The summed E-state index contributed by atoms with van der Waals surface area (Å²) in [5.74, 6) is 0. The van der Waals surface area contributed by atoms with Crippen molar-refractivity contribution in [2.45, 2.75) is 38.8 Å². The highest BCUT2D eigenvalue weighted by Gasteiger charge is 2.40. The predicted octanol–water partition coefficient (Wildman–Crippen LogP) is 2.62. The molecular formula is C17H28N2O. The minimum Gasteiger partial charge on any atom is -0.380 e. The molecule has 1 unspecified atom stereocenters. The zero-order chi connectivity index (χ0) is 14.6. The largest absolute Gasteiger partial charge is 0.380 e. The number of hydrogen-bond acceptors (Lipinski definition) is 3. The lowest BCUT2D eigenvalue weighted by molar-refractivity contribution is 0.00684. The van der Waals surface area contributed by atoms with Crippen molar-refractivity contribution in [3.8, 4) is 0 Å². The van der Waals surface area contributed by atoms with Gasteiger partial charge in [0.15, 0.2) is 0 Å². The van der Waals surface area contributed by atoms with Crippen LogP contribution in [0.2, 0.25) is 0 Å². The van der Waals surface area contributed by atoms with E-state index < -0.39 is 0 Å². The van der Waals surface area contributed by atoms with Gasteiger partial charge in [0.25, 0.3) is 0 Å². The van der Waals surface area contributed by atoms with E-state index in [0.29, 0.717) is 0 Å². The molecule has 0 radical (unpaired) electrons. The standard InChI is InChI=1S/C17H28N2O/c1-5-20-12-11-19-14-17(4,18-13-16(19,2)3)15-9-7-6-8-10-15/h6-10,18H,5,11-14H2,1-4H3. The highest BCUT2D eigenvalue weighted by atomic mass is 16.5. The molecule has 3 heteroatoms. The summed E-state index contributed by atoms with van der Waals surface area (Å²) < 4.78 is 5.54. The van der Waals surface area contributed by atoms with E-state index in [1.54, 1.807) is 0 Å². The number of piperazine rings is 1. The van der Waals surface area contributed by atoms with Gasteiger partial charge in [-0.15, -0.1) is 0 Å². The first kappa shape index (κ1) is 15.5. The Morgan fingerprint density at radius 1 is 1.20 bits per heavy atom. The Bertz CT molecular complexity index is 418. The number of benzene rings is 1. The van der Waals surface area contributed by atoms with Crippen LogP contribution in [0.4, 0.5) is 0 Å². The van der Waals surface area contributed by atoms with Crippen LogP contribution in [0.25, 0.3) is 0 Å². The summed E-state index contributed by atoms with van der Waals surface area (Å²) in [5.41, 5.74) is 1.55. The maximum Gasteiger partial charge on any atom is 0.0593 e. The van der Waals surface area contributed by atoms with Crippen molar-refractivity contribution in [2.75, 3.05) is 32.8 Å². The molecule has 0 saturated carbocycles. The zero-order valence-corrected chi connectivity index (χ0v) is 13.3. The second-order valence-electron chi connectivity index (χ2n) is 6.48. The Kier molecular flexibility index (Phi) is 4.84. The van der Waals surface area contributed by atoms with Crippen molar-refractivity contribution < 1.29 is 4.74 Å². The average molecular weight is 276 g/mol.